The van der Waals surface area contributed by atoms with Crippen LogP contribution in [0.3, 0.4) is 0 Å². The van der Waals surface area contributed by atoms with E-state index in [1.54, 1.807) is 25.0 Å². The Morgan fingerprint density at radius 2 is 1.96 bits per heavy atom. The summed E-state index contributed by atoms with van der Waals surface area (Å²) in [6.45, 7) is 5.91. The lowest BCUT2D eigenvalue weighted by atomic mass is 10.1. The van der Waals surface area contributed by atoms with Gasteiger partial charge in [-0.15, -0.1) is 0 Å². The molecule has 0 unspecified atom stereocenters. The summed E-state index contributed by atoms with van der Waals surface area (Å²) in [6.07, 6.45) is 1.84. The fourth-order valence-electron chi connectivity index (χ4n) is 2.99. The van der Waals surface area contributed by atoms with Gasteiger partial charge >= 0.3 is 0 Å². The molecule has 0 aromatic carbocycles. The molecule has 0 bridgehead atoms. The second kappa shape index (κ2) is 6.64. The summed E-state index contributed by atoms with van der Waals surface area (Å²) in [5.74, 6) is 0.865. The molecular weight excluding hydrogens is 322 g/mol. The van der Waals surface area contributed by atoms with Crippen LogP contribution in [0.5, 0.6) is 5.88 Å². The summed E-state index contributed by atoms with van der Waals surface area (Å²) in [5, 5.41) is 9.20. The molecule has 0 amide bonds. The summed E-state index contributed by atoms with van der Waals surface area (Å²) < 4.78 is 8.51. The van der Waals surface area contributed by atoms with Gasteiger partial charge in [-0.2, -0.15) is 9.50 Å². The number of methoxy groups -OCH3 is 1. The van der Waals surface area contributed by atoms with Crippen LogP contribution in [0.4, 0.5) is 0 Å². The fourth-order valence-corrected chi connectivity index (χ4v) is 2.99. The number of aryl methyl sites for hydroxylation is 3. The van der Waals surface area contributed by atoms with Crippen LogP contribution in [-0.2, 0) is 13.0 Å². The van der Waals surface area contributed by atoms with Gasteiger partial charge in [0.25, 0.3) is 11.3 Å². The second-order valence-electron chi connectivity index (χ2n) is 5.98. The Hall–Kier alpha value is -2.74. The van der Waals surface area contributed by atoms with Crippen molar-refractivity contribution < 1.29 is 9.84 Å². The van der Waals surface area contributed by atoms with E-state index in [1.807, 2.05) is 19.9 Å². The van der Waals surface area contributed by atoms with Crippen molar-refractivity contribution in [1.82, 2.24) is 24.1 Å². The lowest BCUT2D eigenvalue weighted by Gasteiger charge is -2.13. The van der Waals surface area contributed by atoms with Gasteiger partial charge in [-0.1, -0.05) is 0 Å². The predicted octanol–water partition coefficient (Wildman–Crippen LogP) is 0.803. The molecule has 3 heterocycles. The van der Waals surface area contributed by atoms with Gasteiger partial charge in [-0.25, -0.2) is 9.97 Å². The number of aliphatic hydroxyl groups excluding tert-OH is 1. The van der Waals surface area contributed by atoms with Crippen molar-refractivity contribution in [2.75, 3.05) is 13.7 Å². The molecule has 0 fully saturated rings. The van der Waals surface area contributed by atoms with E-state index in [4.69, 9.17) is 4.74 Å². The van der Waals surface area contributed by atoms with E-state index in [-0.39, 0.29) is 18.6 Å². The van der Waals surface area contributed by atoms with Crippen molar-refractivity contribution in [1.29, 1.82) is 0 Å². The van der Waals surface area contributed by atoms with E-state index in [0.29, 0.717) is 29.5 Å². The molecule has 25 heavy (non-hydrogen) atoms. The predicted molar refractivity (Wildman–Crippen MR) is 92.1 cm³/mol. The largest absolute Gasteiger partial charge is 0.481 e. The lowest BCUT2D eigenvalue weighted by molar-refractivity contribution is 0.298. The first-order valence-electron chi connectivity index (χ1n) is 8.02. The minimum atomic E-state index is -0.217. The van der Waals surface area contributed by atoms with Crippen LogP contribution < -0.4 is 10.3 Å². The first-order chi connectivity index (χ1) is 12.0. The van der Waals surface area contributed by atoms with Crippen LogP contribution in [0.2, 0.25) is 0 Å². The van der Waals surface area contributed by atoms with E-state index in [9.17, 15) is 9.90 Å². The smallest absolute Gasteiger partial charge is 0.277 e. The molecule has 3 aromatic rings. The first-order valence-corrected chi connectivity index (χ1v) is 8.02. The van der Waals surface area contributed by atoms with Crippen LogP contribution in [0.15, 0.2) is 17.2 Å². The molecule has 0 aliphatic heterocycles. The molecular formula is C17H21N5O3. The highest BCUT2D eigenvalue weighted by Crippen LogP contribution is 2.21. The number of hydrogen-bond acceptors (Lipinski definition) is 6. The van der Waals surface area contributed by atoms with Gasteiger partial charge in [-0.05, 0) is 32.4 Å². The normalized spacial score (nSPS) is 11.2. The Balaban J connectivity index is 2.15. The molecule has 3 aromatic heterocycles. The molecule has 1 N–H and O–H groups in total. The third-order valence-electron chi connectivity index (χ3n) is 4.22. The quantitative estimate of drug-likeness (QED) is 0.736. The first kappa shape index (κ1) is 17.1. The Kier molecular flexibility index (Phi) is 4.54. The Morgan fingerprint density at radius 1 is 1.20 bits per heavy atom. The summed E-state index contributed by atoms with van der Waals surface area (Å²) in [4.78, 5) is 25.8. The number of pyridine rings is 1. The van der Waals surface area contributed by atoms with Crippen molar-refractivity contribution in [2.45, 2.75) is 33.7 Å². The van der Waals surface area contributed by atoms with E-state index in [1.165, 1.54) is 4.52 Å². The van der Waals surface area contributed by atoms with E-state index in [2.05, 4.69) is 15.0 Å². The number of aliphatic hydroxyl groups is 1. The summed E-state index contributed by atoms with van der Waals surface area (Å²) in [6, 6.07) is 1.97. The number of fused-ring (bicyclic) bond motifs is 1. The van der Waals surface area contributed by atoms with Crippen LogP contribution in [-0.4, -0.2) is 43.0 Å². The van der Waals surface area contributed by atoms with Crippen LogP contribution in [0, 0.1) is 20.8 Å². The maximum absolute atomic E-state index is 12.8. The number of aromatic nitrogens is 5. The minimum Gasteiger partial charge on any atom is -0.481 e. The minimum absolute atomic E-state index is 0.104. The Bertz CT molecular complexity index is 990. The monoisotopic (exact) mass is 343 g/mol. The van der Waals surface area contributed by atoms with Gasteiger partial charge in [0.1, 0.15) is 6.33 Å². The van der Waals surface area contributed by atoms with Crippen LogP contribution in [0.25, 0.3) is 5.78 Å². The van der Waals surface area contributed by atoms with E-state index >= 15 is 0 Å². The molecule has 0 atom stereocenters. The van der Waals surface area contributed by atoms with Crippen molar-refractivity contribution >= 4 is 5.78 Å². The molecule has 0 radical (unpaired) electrons. The molecule has 0 aliphatic rings. The van der Waals surface area contributed by atoms with Gasteiger partial charge in [0.2, 0.25) is 5.88 Å². The van der Waals surface area contributed by atoms with Crippen LogP contribution >= 0.6 is 0 Å². The molecule has 0 spiro atoms. The maximum Gasteiger partial charge on any atom is 0.277 e. The molecule has 0 aliphatic carbocycles. The summed E-state index contributed by atoms with van der Waals surface area (Å²) >= 11 is 0. The average Bonchev–Trinajstić information content (AvgIpc) is 2.96. The molecule has 0 saturated carbocycles. The second-order valence-corrected chi connectivity index (χ2v) is 5.98. The molecule has 3 rings (SSSR count). The zero-order valence-electron chi connectivity index (χ0n) is 14.8. The third-order valence-corrected chi connectivity index (χ3v) is 4.22. The number of nitrogens with zero attached hydrogens (tertiary/aromatic N) is 5. The maximum atomic E-state index is 12.8. The van der Waals surface area contributed by atoms with Gasteiger partial charge in [-0.3, -0.25) is 9.48 Å². The van der Waals surface area contributed by atoms with Crippen molar-refractivity contribution in [3.05, 3.63) is 50.8 Å². The Morgan fingerprint density at radius 3 is 2.64 bits per heavy atom. The SMILES string of the molecule is COc1nc(C)cc(C)c1Cn1cnc2nc(C)c(CCO)c(=O)n21. The van der Waals surface area contributed by atoms with Crippen molar-refractivity contribution in [2.24, 2.45) is 0 Å². The highest BCUT2D eigenvalue weighted by Gasteiger charge is 2.16. The highest BCUT2D eigenvalue weighted by molar-refractivity contribution is 5.37. The number of hydrogen-bond donors (Lipinski definition) is 1. The zero-order valence-corrected chi connectivity index (χ0v) is 14.8. The Labute approximate surface area is 144 Å². The van der Waals surface area contributed by atoms with Gasteiger partial charge in [0.05, 0.1) is 19.3 Å². The van der Waals surface area contributed by atoms with Gasteiger partial charge in [0.15, 0.2) is 0 Å². The number of rotatable bonds is 5. The van der Waals surface area contributed by atoms with Gasteiger partial charge < -0.3 is 9.84 Å². The van der Waals surface area contributed by atoms with Gasteiger partial charge in [0, 0.05) is 29.8 Å². The summed E-state index contributed by atoms with van der Waals surface area (Å²) in [5.41, 5.74) is 3.64. The topological polar surface area (TPSA) is 94.5 Å². The standard InChI is InChI=1S/C17H21N5O3/c1-10-7-11(2)19-15(25-4)14(10)8-21-9-18-17-20-12(3)13(5-6-23)16(24)22(17)21/h7,9,23H,5-6,8H2,1-4H3. The van der Waals surface area contributed by atoms with E-state index in [0.717, 1.165) is 16.8 Å². The molecule has 132 valence electrons. The van der Waals surface area contributed by atoms with Crippen LogP contribution in [0.1, 0.15) is 28.1 Å². The molecule has 0 saturated heterocycles. The average molecular weight is 343 g/mol. The number of ether oxygens (including phenoxy) is 1. The lowest BCUT2D eigenvalue weighted by Crippen LogP contribution is -2.27. The zero-order chi connectivity index (χ0) is 18.1. The third kappa shape index (κ3) is 3.00. The molecule has 8 nitrogen and oxygen atoms in total. The highest BCUT2D eigenvalue weighted by atomic mass is 16.5. The summed E-state index contributed by atoms with van der Waals surface area (Å²) in [7, 11) is 1.58. The molecule has 8 heteroatoms. The van der Waals surface area contributed by atoms with E-state index < -0.39 is 0 Å². The van der Waals surface area contributed by atoms with Crippen molar-refractivity contribution in [3.63, 3.8) is 0 Å². The van der Waals surface area contributed by atoms with Crippen molar-refractivity contribution in [3.8, 4) is 5.88 Å². The fraction of sp³-hybridized carbons (Fsp3) is 0.412.